The van der Waals surface area contributed by atoms with Crippen LogP contribution < -0.4 is 0 Å². The summed E-state index contributed by atoms with van der Waals surface area (Å²) < 4.78 is 7.67. The lowest BCUT2D eigenvalue weighted by Crippen LogP contribution is -2.36. The van der Waals surface area contributed by atoms with Crippen LogP contribution in [0.4, 0.5) is 0 Å². The molecule has 106 valence electrons. The SMILES string of the molecule is CC(c1ccccc1)n1cncc1CN1CCOCC1. The number of morpholine rings is 1. The van der Waals surface area contributed by atoms with Crippen molar-refractivity contribution in [3.8, 4) is 0 Å². The van der Waals surface area contributed by atoms with Crippen molar-refractivity contribution >= 4 is 0 Å². The van der Waals surface area contributed by atoms with Gasteiger partial charge in [0.25, 0.3) is 0 Å². The van der Waals surface area contributed by atoms with Gasteiger partial charge in [0.2, 0.25) is 0 Å². The molecule has 1 fully saturated rings. The molecule has 0 N–H and O–H groups in total. The molecule has 4 nitrogen and oxygen atoms in total. The van der Waals surface area contributed by atoms with Crippen molar-refractivity contribution in [2.75, 3.05) is 26.3 Å². The number of aromatic nitrogens is 2. The van der Waals surface area contributed by atoms with Gasteiger partial charge in [-0.3, -0.25) is 4.90 Å². The minimum Gasteiger partial charge on any atom is -0.379 e. The predicted molar refractivity (Wildman–Crippen MR) is 78.6 cm³/mol. The molecule has 0 radical (unpaired) electrons. The van der Waals surface area contributed by atoms with Crippen LogP contribution in [0.25, 0.3) is 0 Å². The van der Waals surface area contributed by atoms with Crippen LogP contribution in [-0.2, 0) is 11.3 Å². The van der Waals surface area contributed by atoms with Crippen molar-refractivity contribution in [2.45, 2.75) is 19.5 Å². The monoisotopic (exact) mass is 271 g/mol. The van der Waals surface area contributed by atoms with Gasteiger partial charge < -0.3 is 9.30 Å². The molecule has 2 aromatic rings. The van der Waals surface area contributed by atoms with E-state index >= 15 is 0 Å². The summed E-state index contributed by atoms with van der Waals surface area (Å²) >= 11 is 0. The topological polar surface area (TPSA) is 30.3 Å². The van der Waals surface area contributed by atoms with Gasteiger partial charge in [0.1, 0.15) is 0 Å². The minimum atomic E-state index is 0.315. The van der Waals surface area contributed by atoms with Gasteiger partial charge in [0.15, 0.2) is 0 Å². The average Bonchev–Trinajstić information content (AvgIpc) is 2.96. The fraction of sp³-hybridized carbons (Fsp3) is 0.438. The molecule has 1 saturated heterocycles. The van der Waals surface area contributed by atoms with E-state index in [0.29, 0.717) is 6.04 Å². The van der Waals surface area contributed by atoms with Crippen LogP contribution in [-0.4, -0.2) is 40.8 Å². The van der Waals surface area contributed by atoms with Crippen molar-refractivity contribution in [3.05, 3.63) is 54.1 Å². The Balaban J connectivity index is 1.75. The van der Waals surface area contributed by atoms with Gasteiger partial charge in [-0.15, -0.1) is 0 Å². The Labute approximate surface area is 120 Å². The molecular formula is C16H21N3O. The highest BCUT2D eigenvalue weighted by Crippen LogP contribution is 2.20. The summed E-state index contributed by atoms with van der Waals surface area (Å²) in [7, 11) is 0. The molecule has 1 unspecified atom stereocenters. The highest BCUT2D eigenvalue weighted by molar-refractivity contribution is 5.20. The predicted octanol–water partition coefficient (Wildman–Crippen LogP) is 2.32. The molecule has 0 spiro atoms. The number of imidazole rings is 1. The van der Waals surface area contributed by atoms with E-state index in [2.05, 4.69) is 51.7 Å². The normalized spacial score (nSPS) is 18.1. The van der Waals surface area contributed by atoms with Gasteiger partial charge in [0, 0.05) is 25.8 Å². The van der Waals surface area contributed by atoms with Crippen molar-refractivity contribution in [2.24, 2.45) is 0 Å². The summed E-state index contributed by atoms with van der Waals surface area (Å²) in [6, 6.07) is 10.9. The maximum atomic E-state index is 5.40. The first-order chi connectivity index (χ1) is 9.84. The molecule has 0 bridgehead atoms. The number of benzene rings is 1. The van der Waals surface area contributed by atoms with Crippen molar-refractivity contribution in [3.63, 3.8) is 0 Å². The lowest BCUT2D eigenvalue weighted by atomic mass is 10.1. The summed E-state index contributed by atoms with van der Waals surface area (Å²) in [5.74, 6) is 0. The molecule has 4 heteroatoms. The number of ether oxygens (including phenoxy) is 1. The van der Waals surface area contributed by atoms with Gasteiger partial charge >= 0.3 is 0 Å². The van der Waals surface area contributed by atoms with Crippen LogP contribution in [0.3, 0.4) is 0 Å². The van der Waals surface area contributed by atoms with E-state index in [1.165, 1.54) is 11.3 Å². The van der Waals surface area contributed by atoms with E-state index in [4.69, 9.17) is 4.74 Å². The molecule has 3 rings (SSSR count). The molecule has 2 heterocycles. The first-order valence-corrected chi connectivity index (χ1v) is 7.20. The fourth-order valence-electron chi connectivity index (χ4n) is 2.68. The third kappa shape index (κ3) is 2.92. The second-order valence-corrected chi connectivity index (χ2v) is 5.27. The third-order valence-electron chi connectivity index (χ3n) is 3.93. The molecule has 1 atom stereocenters. The molecule has 1 aliphatic rings. The Bertz CT molecular complexity index is 532. The molecule has 0 amide bonds. The molecule has 0 aliphatic carbocycles. The van der Waals surface area contributed by atoms with Crippen LogP contribution in [0.15, 0.2) is 42.9 Å². The Kier molecular flexibility index (Phi) is 4.14. The van der Waals surface area contributed by atoms with E-state index in [1.807, 2.05) is 12.5 Å². The minimum absolute atomic E-state index is 0.315. The smallest absolute Gasteiger partial charge is 0.0954 e. The zero-order valence-corrected chi connectivity index (χ0v) is 11.9. The van der Waals surface area contributed by atoms with Gasteiger partial charge in [0.05, 0.1) is 31.3 Å². The number of rotatable bonds is 4. The number of nitrogens with zero attached hydrogens (tertiary/aromatic N) is 3. The van der Waals surface area contributed by atoms with Crippen LogP contribution in [0.2, 0.25) is 0 Å². The number of hydrogen-bond donors (Lipinski definition) is 0. The summed E-state index contributed by atoms with van der Waals surface area (Å²) in [4.78, 5) is 6.76. The Morgan fingerprint density at radius 2 is 1.95 bits per heavy atom. The maximum absolute atomic E-state index is 5.40. The Morgan fingerprint density at radius 1 is 1.20 bits per heavy atom. The quantitative estimate of drug-likeness (QED) is 0.855. The molecule has 0 saturated carbocycles. The van der Waals surface area contributed by atoms with Crippen LogP contribution in [0, 0.1) is 0 Å². The summed E-state index contributed by atoms with van der Waals surface area (Å²) in [5.41, 5.74) is 2.58. The lowest BCUT2D eigenvalue weighted by Gasteiger charge is -2.27. The van der Waals surface area contributed by atoms with Gasteiger partial charge in [-0.05, 0) is 12.5 Å². The fourth-order valence-corrected chi connectivity index (χ4v) is 2.68. The van der Waals surface area contributed by atoms with Gasteiger partial charge in [-0.1, -0.05) is 30.3 Å². The average molecular weight is 271 g/mol. The molecule has 1 aliphatic heterocycles. The van der Waals surface area contributed by atoms with E-state index in [0.717, 1.165) is 32.8 Å². The second kappa shape index (κ2) is 6.20. The largest absolute Gasteiger partial charge is 0.379 e. The van der Waals surface area contributed by atoms with Crippen LogP contribution in [0.5, 0.6) is 0 Å². The summed E-state index contributed by atoms with van der Waals surface area (Å²) in [5, 5.41) is 0. The zero-order valence-electron chi connectivity index (χ0n) is 11.9. The summed E-state index contributed by atoms with van der Waals surface area (Å²) in [6.45, 7) is 6.85. The molecule has 1 aromatic carbocycles. The second-order valence-electron chi connectivity index (χ2n) is 5.27. The standard InChI is InChI=1S/C16H21N3O/c1-14(15-5-3-2-4-6-15)19-13-17-11-16(19)12-18-7-9-20-10-8-18/h2-6,11,13-14H,7-10,12H2,1H3. The lowest BCUT2D eigenvalue weighted by molar-refractivity contribution is 0.0331. The molecule has 1 aromatic heterocycles. The van der Waals surface area contributed by atoms with Crippen LogP contribution >= 0.6 is 0 Å². The van der Waals surface area contributed by atoms with Crippen LogP contribution in [0.1, 0.15) is 24.2 Å². The molecular weight excluding hydrogens is 250 g/mol. The third-order valence-corrected chi connectivity index (χ3v) is 3.93. The van der Waals surface area contributed by atoms with E-state index in [-0.39, 0.29) is 0 Å². The van der Waals surface area contributed by atoms with Crippen molar-refractivity contribution in [1.82, 2.24) is 14.5 Å². The van der Waals surface area contributed by atoms with Gasteiger partial charge in [-0.2, -0.15) is 0 Å². The van der Waals surface area contributed by atoms with Gasteiger partial charge in [-0.25, -0.2) is 4.98 Å². The Hall–Kier alpha value is -1.65. The number of hydrogen-bond acceptors (Lipinski definition) is 3. The van der Waals surface area contributed by atoms with E-state index in [9.17, 15) is 0 Å². The first kappa shape index (κ1) is 13.3. The van der Waals surface area contributed by atoms with E-state index < -0.39 is 0 Å². The maximum Gasteiger partial charge on any atom is 0.0954 e. The highest BCUT2D eigenvalue weighted by atomic mass is 16.5. The first-order valence-electron chi connectivity index (χ1n) is 7.20. The zero-order chi connectivity index (χ0) is 13.8. The summed E-state index contributed by atoms with van der Waals surface area (Å²) in [6.07, 6.45) is 3.92. The van der Waals surface area contributed by atoms with Crippen molar-refractivity contribution in [1.29, 1.82) is 0 Å². The highest BCUT2D eigenvalue weighted by Gasteiger charge is 2.16. The van der Waals surface area contributed by atoms with Crippen molar-refractivity contribution < 1.29 is 4.74 Å². The van der Waals surface area contributed by atoms with E-state index in [1.54, 1.807) is 0 Å². The Morgan fingerprint density at radius 3 is 2.70 bits per heavy atom. The molecule has 20 heavy (non-hydrogen) atoms.